The molecule has 1 heterocycles. The molecule has 0 saturated heterocycles. The predicted molar refractivity (Wildman–Crippen MR) is 108 cm³/mol. The van der Waals surface area contributed by atoms with Gasteiger partial charge in [-0.25, -0.2) is 4.98 Å². The molecule has 1 unspecified atom stereocenters. The number of nitrogens with zero attached hydrogens (tertiary/aromatic N) is 1. The van der Waals surface area contributed by atoms with E-state index in [0.717, 1.165) is 12.0 Å². The van der Waals surface area contributed by atoms with Crippen LogP contribution in [0.4, 0.5) is 0 Å². The number of amides is 1. The maximum atomic E-state index is 12.6. The van der Waals surface area contributed by atoms with E-state index in [-0.39, 0.29) is 11.9 Å². The molecule has 1 aromatic heterocycles. The van der Waals surface area contributed by atoms with Crippen LogP contribution in [0.3, 0.4) is 0 Å². The number of benzene rings is 2. The fraction of sp³-hybridized carbons (Fsp3) is 0.273. The Kier molecular flexibility index (Phi) is 5.99. The normalized spacial score (nSPS) is 11.7. The maximum Gasteiger partial charge on any atom is 0.252 e. The van der Waals surface area contributed by atoms with E-state index in [0.29, 0.717) is 34.3 Å². The molecule has 146 valence electrons. The third-order valence-electron chi connectivity index (χ3n) is 4.57. The second kappa shape index (κ2) is 8.61. The summed E-state index contributed by atoms with van der Waals surface area (Å²) >= 11 is 0. The maximum absolute atomic E-state index is 12.6. The lowest BCUT2D eigenvalue weighted by atomic mass is 10.1. The van der Waals surface area contributed by atoms with Crippen LogP contribution < -0.4 is 14.8 Å². The monoisotopic (exact) mass is 380 g/mol. The van der Waals surface area contributed by atoms with Gasteiger partial charge in [-0.05, 0) is 37.6 Å². The first-order chi connectivity index (χ1) is 13.6. The van der Waals surface area contributed by atoms with Crippen LogP contribution >= 0.6 is 0 Å². The number of carbonyl (C=O) groups excluding carboxylic acids is 1. The van der Waals surface area contributed by atoms with Crippen LogP contribution in [0.5, 0.6) is 11.5 Å². The summed E-state index contributed by atoms with van der Waals surface area (Å²) in [5.74, 6) is 2.08. The fourth-order valence-electron chi connectivity index (χ4n) is 2.80. The van der Waals surface area contributed by atoms with Crippen molar-refractivity contribution in [3.05, 3.63) is 54.2 Å². The quantitative estimate of drug-likeness (QED) is 0.651. The molecule has 3 aromatic rings. The minimum absolute atomic E-state index is 0.0873. The molecule has 28 heavy (non-hydrogen) atoms. The smallest absolute Gasteiger partial charge is 0.252 e. The van der Waals surface area contributed by atoms with Crippen LogP contribution in [-0.4, -0.2) is 31.2 Å². The molecule has 6 nitrogen and oxygen atoms in total. The molecule has 1 amide bonds. The largest absolute Gasteiger partial charge is 0.497 e. The number of hydrogen-bond acceptors (Lipinski definition) is 5. The second-order valence-corrected chi connectivity index (χ2v) is 6.42. The highest BCUT2D eigenvalue weighted by Gasteiger charge is 2.19. The molecule has 3 rings (SSSR count). The van der Waals surface area contributed by atoms with Crippen LogP contribution in [-0.2, 0) is 0 Å². The number of rotatable bonds is 7. The molecule has 1 atom stereocenters. The van der Waals surface area contributed by atoms with Crippen molar-refractivity contribution in [2.45, 2.75) is 26.3 Å². The van der Waals surface area contributed by atoms with Gasteiger partial charge in [0.25, 0.3) is 5.91 Å². The van der Waals surface area contributed by atoms with Crippen LogP contribution in [0.25, 0.3) is 22.8 Å². The van der Waals surface area contributed by atoms with E-state index in [1.165, 1.54) is 0 Å². The third-order valence-corrected chi connectivity index (χ3v) is 4.57. The van der Waals surface area contributed by atoms with Gasteiger partial charge in [0.15, 0.2) is 5.76 Å². The van der Waals surface area contributed by atoms with Crippen molar-refractivity contribution in [2.75, 3.05) is 14.2 Å². The Hall–Kier alpha value is -3.28. The molecule has 0 aliphatic carbocycles. The third kappa shape index (κ3) is 4.01. The zero-order valence-corrected chi connectivity index (χ0v) is 16.5. The first-order valence-corrected chi connectivity index (χ1v) is 9.15. The van der Waals surface area contributed by atoms with Crippen LogP contribution in [0.15, 0.2) is 53.1 Å². The number of ether oxygens (including phenoxy) is 2. The highest BCUT2D eigenvalue weighted by atomic mass is 16.5. The molecule has 0 aliphatic heterocycles. The molecule has 0 radical (unpaired) electrons. The molecule has 0 saturated carbocycles. The van der Waals surface area contributed by atoms with E-state index in [1.54, 1.807) is 32.5 Å². The molecular weight excluding hydrogens is 356 g/mol. The van der Waals surface area contributed by atoms with Crippen LogP contribution in [0.2, 0.25) is 0 Å². The Morgan fingerprint density at radius 1 is 1.14 bits per heavy atom. The van der Waals surface area contributed by atoms with E-state index in [9.17, 15) is 4.79 Å². The van der Waals surface area contributed by atoms with E-state index in [2.05, 4.69) is 10.3 Å². The van der Waals surface area contributed by atoms with Crippen molar-refractivity contribution in [3.63, 3.8) is 0 Å². The first-order valence-electron chi connectivity index (χ1n) is 9.15. The zero-order valence-electron chi connectivity index (χ0n) is 16.5. The lowest BCUT2D eigenvalue weighted by Crippen LogP contribution is -2.32. The molecule has 0 fully saturated rings. The lowest BCUT2D eigenvalue weighted by Gasteiger charge is -2.13. The van der Waals surface area contributed by atoms with Crippen molar-refractivity contribution in [3.8, 4) is 34.3 Å². The van der Waals surface area contributed by atoms with Gasteiger partial charge in [-0.3, -0.25) is 4.79 Å². The summed E-state index contributed by atoms with van der Waals surface area (Å²) < 4.78 is 16.7. The van der Waals surface area contributed by atoms with E-state index in [1.807, 2.05) is 44.2 Å². The number of hydrogen-bond donors (Lipinski definition) is 1. The Labute approximate surface area is 164 Å². The lowest BCUT2D eigenvalue weighted by molar-refractivity contribution is 0.0939. The number of oxazole rings is 1. The molecule has 1 N–H and O–H groups in total. The average molecular weight is 380 g/mol. The number of carbonyl (C=O) groups is 1. The van der Waals surface area contributed by atoms with Gasteiger partial charge in [0.2, 0.25) is 5.89 Å². The van der Waals surface area contributed by atoms with Crippen LogP contribution in [0.1, 0.15) is 30.6 Å². The first kappa shape index (κ1) is 19.5. The summed E-state index contributed by atoms with van der Waals surface area (Å²) in [7, 11) is 3.19. The highest BCUT2D eigenvalue weighted by Crippen LogP contribution is 2.35. The summed E-state index contributed by atoms with van der Waals surface area (Å²) in [4.78, 5) is 17.0. The summed E-state index contributed by atoms with van der Waals surface area (Å²) in [6.07, 6.45) is 2.48. The Morgan fingerprint density at radius 2 is 1.93 bits per heavy atom. The number of aromatic nitrogens is 1. The SMILES string of the molecule is CCC(C)NC(=O)c1ccccc1-c1ncc(-c2ccc(OC)cc2OC)o1. The average Bonchev–Trinajstić information content (AvgIpc) is 3.22. The van der Waals surface area contributed by atoms with Gasteiger partial charge >= 0.3 is 0 Å². The molecule has 2 aromatic carbocycles. The van der Waals surface area contributed by atoms with Gasteiger partial charge in [-0.2, -0.15) is 0 Å². The molecule has 6 heteroatoms. The number of nitrogens with one attached hydrogen (secondary N) is 1. The van der Waals surface area contributed by atoms with Crippen molar-refractivity contribution in [1.82, 2.24) is 10.3 Å². The highest BCUT2D eigenvalue weighted by molar-refractivity contribution is 6.00. The minimum atomic E-state index is -0.147. The molecule has 0 aliphatic rings. The van der Waals surface area contributed by atoms with E-state index < -0.39 is 0 Å². The summed E-state index contributed by atoms with van der Waals surface area (Å²) in [5, 5.41) is 2.98. The summed E-state index contributed by atoms with van der Waals surface area (Å²) in [5.41, 5.74) is 1.92. The standard InChI is InChI=1S/C22H24N2O4/c1-5-14(2)24-21(25)16-8-6-7-9-17(16)22-23-13-20(28-22)18-11-10-15(26-3)12-19(18)27-4/h6-14H,5H2,1-4H3,(H,24,25). The van der Waals surface area contributed by atoms with Crippen molar-refractivity contribution in [2.24, 2.45) is 0 Å². The zero-order chi connectivity index (χ0) is 20.1. The summed E-state index contributed by atoms with van der Waals surface area (Å²) in [6.45, 7) is 4.00. The van der Waals surface area contributed by atoms with Crippen molar-refractivity contribution < 1.29 is 18.7 Å². The fourth-order valence-corrected chi connectivity index (χ4v) is 2.80. The summed E-state index contributed by atoms with van der Waals surface area (Å²) in [6, 6.07) is 12.8. The molecule has 0 spiro atoms. The van der Waals surface area contributed by atoms with Gasteiger partial charge in [0.1, 0.15) is 11.5 Å². The van der Waals surface area contributed by atoms with Gasteiger partial charge < -0.3 is 19.2 Å². The number of methoxy groups -OCH3 is 2. The van der Waals surface area contributed by atoms with Crippen molar-refractivity contribution in [1.29, 1.82) is 0 Å². The van der Waals surface area contributed by atoms with E-state index in [4.69, 9.17) is 13.9 Å². The van der Waals surface area contributed by atoms with Crippen molar-refractivity contribution >= 4 is 5.91 Å². The van der Waals surface area contributed by atoms with Gasteiger partial charge in [0, 0.05) is 17.7 Å². The molecular formula is C22H24N2O4. The van der Waals surface area contributed by atoms with Crippen LogP contribution in [0, 0.1) is 0 Å². The molecule has 0 bridgehead atoms. The Bertz CT molecular complexity index is 965. The minimum Gasteiger partial charge on any atom is -0.497 e. The van der Waals surface area contributed by atoms with Gasteiger partial charge in [-0.15, -0.1) is 0 Å². The second-order valence-electron chi connectivity index (χ2n) is 6.42. The van der Waals surface area contributed by atoms with Gasteiger partial charge in [-0.1, -0.05) is 19.1 Å². The Balaban J connectivity index is 1.96. The Morgan fingerprint density at radius 3 is 2.64 bits per heavy atom. The predicted octanol–water partition coefficient (Wildman–Crippen LogP) is 4.55. The topological polar surface area (TPSA) is 73.6 Å². The van der Waals surface area contributed by atoms with Gasteiger partial charge in [0.05, 0.1) is 31.5 Å². The van der Waals surface area contributed by atoms with E-state index >= 15 is 0 Å².